The molecule has 7 heteroatoms. The van der Waals surface area contributed by atoms with Crippen molar-refractivity contribution >= 4 is 17.4 Å². The van der Waals surface area contributed by atoms with Crippen molar-refractivity contribution in [2.75, 3.05) is 20.3 Å². The zero-order valence-corrected chi connectivity index (χ0v) is 17.9. The molecule has 2 aromatic rings. The van der Waals surface area contributed by atoms with Crippen molar-refractivity contribution in [3.8, 4) is 17.2 Å². The summed E-state index contributed by atoms with van der Waals surface area (Å²) >= 11 is 0. The molecule has 2 N–H and O–H groups in total. The van der Waals surface area contributed by atoms with Gasteiger partial charge in [-0.15, -0.1) is 0 Å². The van der Waals surface area contributed by atoms with Crippen LogP contribution in [0.25, 0.3) is 5.76 Å². The minimum Gasteiger partial charge on any atom is -0.507 e. The number of methoxy groups -OCH3 is 1. The van der Waals surface area contributed by atoms with E-state index >= 15 is 0 Å². The maximum absolute atomic E-state index is 13.0. The minimum absolute atomic E-state index is 0.0133. The summed E-state index contributed by atoms with van der Waals surface area (Å²) in [5.41, 5.74) is 0.995. The minimum atomic E-state index is -0.784. The first kappa shape index (κ1) is 22.2. The van der Waals surface area contributed by atoms with E-state index in [1.54, 1.807) is 43.3 Å². The van der Waals surface area contributed by atoms with E-state index in [0.717, 1.165) is 6.42 Å². The Morgan fingerprint density at radius 2 is 1.81 bits per heavy atom. The lowest BCUT2D eigenvalue weighted by Crippen LogP contribution is -2.30. The van der Waals surface area contributed by atoms with Gasteiger partial charge in [-0.2, -0.15) is 0 Å². The van der Waals surface area contributed by atoms with Crippen LogP contribution < -0.4 is 9.47 Å². The number of aliphatic hydroxyl groups is 1. The lowest BCUT2D eigenvalue weighted by atomic mass is 9.95. The largest absolute Gasteiger partial charge is 0.507 e. The summed E-state index contributed by atoms with van der Waals surface area (Å²) in [7, 11) is 1.54. The molecule has 1 fully saturated rings. The summed E-state index contributed by atoms with van der Waals surface area (Å²) in [6.45, 7) is 4.51. The number of hydrogen-bond donors (Lipinski definition) is 2. The number of unbranched alkanes of at least 4 members (excludes halogenated alkanes) is 1. The Morgan fingerprint density at radius 1 is 1.10 bits per heavy atom. The lowest BCUT2D eigenvalue weighted by Gasteiger charge is -2.25. The Bertz CT molecular complexity index is 996. The number of hydrogen-bond acceptors (Lipinski definition) is 6. The molecule has 0 saturated carbocycles. The Kier molecular flexibility index (Phi) is 6.84. The number of amides is 1. The van der Waals surface area contributed by atoms with E-state index in [1.165, 1.54) is 18.1 Å². The molecule has 0 spiro atoms. The van der Waals surface area contributed by atoms with Crippen LogP contribution in [0, 0.1) is 0 Å². The summed E-state index contributed by atoms with van der Waals surface area (Å²) in [6, 6.07) is 10.5. The van der Waals surface area contributed by atoms with E-state index in [1.807, 2.05) is 6.92 Å². The van der Waals surface area contributed by atoms with Crippen molar-refractivity contribution in [3.63, 3.8) is 0 Å². The zero-order valence-electron chi connectivity index (χ0n) is 17.9. The molecule has 164 valence electrons. The van der Waals surface area contributed by atoms with E-state index < -0.39 is 17.7 Å². The number of rotatable bonds is 8. The van der Waals surface area contributed by atoms with Crippen LogP contribution in [0.4, 0.5) is 0 Å². The number of nitrogens with zero attached hydrogens (tertiary/aromatic N) is 1. The normalized spacial score (nSPS) is 17.8. The first-order chi connectivity index (χ1) is 14.9. The molecule has 1 saturated heterocycles. The number of phenolic OH excluding ortho intramolecular Hbond substituents is 1. The zero-order chi connectivity index (χ0) is 22.5. The number of ketones is 1. The molecule has 1 heterocycles. The smallest absolute Gasteiger partial charge is 0.295 e. The molecule has 1 amide bonds. The number of benzene rings is 2. The fourth-order valence-corrected chi connectivity index (χ4v) is 3.66. The van der Waals surface area contributed by atoms with Gasteiger partial charge in [0.25, 0.3) is 11.7 Å². The molecule has 3 rings (SSSR count). The molecule has 0 aromatic heterocycles. The average molecular weight is 425 g/mol. The quantitative estimate of drug-likeness (QED) is 0.377. The van der Waals surface area contributed by atoms with Crippen molar-refractivity contribution in [2.45, 2.75) is 32.7 Å². The summed E-state index contributed by atoms with van der Waals surface area (Å²) in [4.78, 5) is 27.3. The van der Waals surface area contributed by atoms with Crippen molar-refractivity contribution < 1.29 is 29.3 Å². The molecule has 7 nitrogen and oxygen atoms in total. The number of aliphatic hydroxyl groups excluding tert-OH is 1. The van der Waals surface area contributed by atoms with Gasteiger partial charge in [-0.3, -0.25) is 9.59 Å². The van der Waals surface area contributed by atoms with Crippen LogP contribution in [0.1, 0.15) is 43.9 Å². The van der Waals surface area contributed by atoms with Gasteiger partial charge in [0.15, 0.2) is 11.5 Å². The molecule has 0 radical (unpaired) electrons. The Morgan fingerprint density at radius 3 is 2.42 bits per heavy atom. The van der Waals surface area contributed by atoms with E-state index in [2.05, 4.69) is 0 Å². The third kappa shape index (κ3) is 4.35. The van der Waals surface area contributed by atoms with Crippen LogP contribution in [0.2, 0.25) is 0 Å². The average Bonchev–Trinajstić information content (AvgIpc) is 3.03. The maximum Gasteiger partial charge on any atom is 0.295 e. The molecular formula is C24H27NO6. The van der Waals surface area contributed by atoms with Crippen LogP contribution in [-0.2, 0) is 9.59 Å². The van der Waals surface area contributed by atoms with Crippen LogP contribution in [-0.4, -0.2) is 47.1 Å². The molecule has 1 aliphatic rings. The van der Waals surface area contributed by atoms with Gasteiger partial charge in [-0.1, -0.05) is 19.4 Å². The fourth-order valence-electron chi connectivity index (χ4n) is 3.66. The number of carbonyl (C=O) groups excluding carboxylic acids is 2. The second-order valence-corrected chi connectivity index (χ2v) is 7.23. The second kappa shape index (κ2) is 9.55. The molecule has 31 heavy (non-hydrogen) atoms. The van der Waals surface area contributed by atoms with Crippen LogP contribution in [0.3, 0.4) is 0 Å². The second-order valence-electron chi connectivity index (χ2n) is 7.23. The topological polar surface area (TPSA) is 96.3 Å². The first-order valence-corrected chi connectivity index (χ1v) is 10.3. The number of phenols is 1. The van der Waals surface area contributed by atoms with Crippen molar-refractivity contribution in [2.24, 2.45) is 0 Å². The third-order valence-electron chi connectivity index (χ3n) is 5.26. The summed E-state index contributed by atoms with van der Waals surface area (Å²) < 4.78 is 10.6. The molecule has 1 unspecified atom stereocenters. The van der Waals surface area contributed by atoms with E-state index in [4.69, 9.17) is 9.47 Å². The summed E-state index contributed by atoms with van der Waals surface area (Å²) in [5, 5.41) is 21.1. The number of Topliss-reactive ketones (excluding diaryl/α,β-unsaturated/α-hetero) is 1. The first-order valence-electron chi connectivity index (χ1n) is 10.3. The molecule has 1 aliphatic heterocycles. The number of aromatic hydroxyl groups is 1. The predicted octanol–water partition coefficient (Wildman–Crippen LogP) is 4.02. The number of ether oxygens (including phenoxy) is 2. The maximum atomic E-state index is 13.0. The standard InChI is InChI=1S/C24H27NO6/c1-4-6-13-25-21(16-9-12-18(26)19(14-16)31-5-2)20(23(28)24(25)29)22(27)15-7-10-17(30-3)11-8-15/h7-12,14,21,26-27H,4-6,13H2,1-3H3/b22-20-. The van der Waals surface area contributed by atoms with Crippen LogP contribution in [0.15, 0.2) is 48.0 Å². The number of likely N-dealkylation sites (tertiary alicyclic amines) is 1. The molecule has 2 aromatic carbocycles. The SMILES string of the molecule is CCCCN1C(=O)C(=O)/C(=C(\O)c2ccc(OC)cc2)C1c1ccc(O)c(OCC)c1. The summed E-state index contributed by atoms with van der Waals surface area (Å²) in [5.74, 6) is -0.816. The van der Waals surface area contributed by atoms with E-state index in [9.17, 15) is 19.8 Å². The molecule has 1 atom stereocenters. The Hall–Kier alpha value is -3.48. The van der Waals surface area contributed by atoms with Gasteiger partial charge in [-0.05, 0) is 55.3 Å². The third-order valence-corrected chi connectivity index (χ3v) is 5.26. The van der Waals surface area contributed by atoms with Gasteiger partial charge in [0.1, 0.15) is 11.5 Å². The van der Waals surface area contributed by atoms with E-state index in [0.29, 0.717) is 36.4 Å². The summed E-state index contributed by atoms with van der Waals surface area (Å²) in [6.07, 6.45) is 1.55. The van der Waals surface area contributed by atoms with Gasteiger partial charge >= 0.3 is 0 Å². The van der Waals surface area contributed by atoms with Gasteiger partial charge in [0.2, 0.25) is 0 Å². The number of carbonyl (C=O) groups is 2. The van der Waals surface area contributed by atoms with Crippen LogP contribution >= 0.6 is 0 Å². The molecule has 0 aliphatic carbocycles. The Labute approximate surface area is 181 Å². The van der Waals surface area contributed by atoms with Crippen molar-refractivity contribution in [1.82, 2.24) is 4.90 Å². The van der Waals surface area contributed by atoms with Gasteiger partial charge in [-0.25, -0.2) is 0 Å². The Balaban J connectivity index is 2.16. The van der Waals surface area contributed by atoms with Gasteiger partial charge < -0.3 is 24.6 Å². The highest BCUT2D eigenvalue weighted by atomic mass is 16.5. The van der Waals surface area contributed by atoms with Gasteiger partial charge in [0.05, 0.1) is 25.3 Å². The van der Waals surface area contributed by atoms with E-state index in [-0.39, 0.29) is 22.8 Å². The highest BCUT2D eigenvalue weighted by molar-refractivity contribution is 6.46. The monoisotopic (exact) mass is 425 g/mol. The lowest BCUT2D eigenvalue weighted by molar-refractivity contribution is -0.139. The molecular weight excluding hydrogens is 398 g/mol. The highest BCUT2D eigenvalue weighted by Gasteiger charge is 2.45. The van der Waals surface area contributed by atoms with Crippen molar-refractivity contribution in [3.05, 3.63) is 59.2 Å². The van der Waals surface area contributed by atoms with Crippen LogP contribution in [0.5, 0.6) is 17.2 Å². The van der Waals surface area contributed by atoms with Crippen molar-refractivity contribution in [1.29, 1.82) is 0 Å². The highest BCUT2D eigenvalue weighted by Crippen LogP contribution is 2.42. The predicted molar refractivity (Wildman–Crippen MR) is 116 cm³/mol. The fraction of sp³-hybridized carbons (Fsp3) is 0.333. The molecule has 0 bridgehead atoms. The van der Waals surface area contributed by atoms with Gasteiger partial charge in [0, 0.05) is 12.1 Å².